The van der Waals surface area contributed by atoms with Crippen molar-refractivity contribution in [1.29, 1.82) is 0 Å². The van der Waals surface area contributed by atoms with Gasteiger partial charge >= 0.3 is 0 Å². The van der Waals surface area contributed by atoms with E-state index in [-0.39, 0.29) is 16.9 Å². The lowest BCUT2D eigenvalue weighted by Crippen LogP contribution is -2.52. The maximum absolute atomic E-state index is 13.1. The molecule has 4 heteroatoms. The first-order chi connectivity index (χ1) is 14.8. The molecule has 1 saturated heterocycles. The van der Waals surface area contributed by atoms with Crippen LogP contribution in [-0.2, 0) is 9.53 Å². The summed E-state index contributed by atoms with van der Waals surface area (Å²) >= 11 is 0. The van der Waals surface area contributed by atoms with Crippen molar-refractivity contribution in [2.24, 2.45) is 17.3 Å². The number of Topliss-reactive ketones (excluding diaryl/α,β-unsaturated/α-hetero) is 1. The monoisotopic (exact) mass is 418 g/mol. The highest BCUT2D eigenvalue weighted by atomic mass is 16.5. The van der Waals surface area contributed by atoms with Gasteiger partial charge in [-0.05, 0) is 74.3 Å². The summed E-state index contributed by atoms with van der Waals surface area (Å²) < 4.78 is 6.23. The molecule has 4 aliphatic carbocycles. The molecule has 1 spiro atoms. The second kappa shape index (κ2) is 6.81. The van der Waals surface area contributed by atoms with E-state index < -0.39 is 5.60 Å². The minimum Gasteiger partial charge on any atom is -0.385 e. The fraction of sp³-hybridized carbons (Fsp3) is 0.667. The van der Waals surface area contributed by atoms with Gasteiger partial charge in [0.2, 0.25) is 0 Å². The van der Waals surface area contributed by atoms with E-state index in [4.69, 9.17) is 4.74 Å². The molecule has 164 valence electrons. The summed E-state index contributed by atoms with van der Waals surface area (Å²) in [6, 6.07) is 8.95. The average Bonchev–Trinajstić information content (AvgIpc) is 3.31. The quantitative estimate of drug-likeness (QED) is 0.560. The Morgan fingerprint density at radius 2 is 1.90 bits per heavy atom. The van der Waals surface area contributed by atoms with E-state index in [0.717, 1.165) is 70.8 Å². The van der Waals surface area contributed by atoms with Gasteiger partial charge in [-0.2, -0.15) is 0 Å². The van der Waals surface area contributed by atoms with E-state index in [2.05, 4.69) is 39.0 Å². The summed E-state index contributed by atoms with van der Waals surface area (Å²) in [5.74, 6) is 1.63. The number of hydrogen-bond acceptors (Lipinski definition) is 3. The lowest BCUT2D eigenvalue weighted by molar-refractivity contribution is -0.129. The van der Waals surface area contributed by atoms with Crippen molar-refractivity contribution < 1.29 is 14.6 Å². The highest BCUT2D eigenvalue weighted by molar-refractivity contribution is 6.32. The van der Waals surface area contributed by atoms with Gasteiger partial charge in [0.15, 0.2) is 0 Å². The number of allylic oxidation sites excluding steroid dienone is 1. The number of aliphatic hydroxyl groups is 1. The van der Waals surface area contributed by atoms with Crippen LogP contribution < -0.4 is 5.46 Å². The molecule has 1 aromatic carbocycles. The van der Waals surface area contributed by atoms with Gasteiger partial charge in [0, 0.05) is 30.8 Å². The molecule has 3 nitrogen and oxygen atoms in total. The number of benzene rings is 1. The zero-order valence-electron chi connectivity index (χ0n) is 19.1. The van der Waals surface area contributed by atoms with Crippen molar-refractivity contribution >= 4 is 19.1 Å². The molecule has 31 heavy (non-hydrogen) atoms. The number of hydrogen-bond donors (Lipinski definition) is 1. The van der Waals surface area contributed by atoms with Gasteiger partial charge in [-0.1, -0.05) is 42.2 Å². The van der Waals surface area contributed by atoms with Crippen molar-refractivity contribution in [2.45, 2.75) is 88.3 Å². The van der Waals surface area contributed by atoms with E-state index in [0.29, 0.717) is 17.6 Å². The molecule has 0 aromatic heterocycles. The summed E-state index contributed by atoms with van der Waals surface area (Å²) in [4.78, 5) is 13.1. The van der Waals surface area contributed by atoms with Crippen LogP contribution in [-0.4, -0.2) is 36.5 Å². The van der Waals surface area contributed by atoms with E-state index in [1.54, 1.807) is 0 Å². The molecule has 4 fully saturated rings. The molecule has 1 aromatic rings. The highest BCUT2D eigenvalue weighted by Crippen LogP contribution is 2.64. The molecule has 6 rings (SSSR count). The third-order valence-electron chi connectivity index (χ3n) is 9.92. The maximum Gasteiger partial charge on any atom is 0.139 e. The Balaban J connectivity index is 1.48. The summed E-state index contributed by atoms with van der Waals surface area (Å²) in [7, 11) is 2.13. The predicted molar refractivity (Wildman–Crippen MR) is 124 cm³/mol. The highest BCUT2D eigenvalue weighted by Gasteiger charge is 2.60. The molecule has 1 aliphatic heterocycles. The molecular weight excluding hydrogens is 383 g/mol. The fourth-order valence-corrected chi connectivity index (χ4v) is 8.36. The summed E-state index contributed by atoms with van der Waals surface area (Å²) in [6.45, 7) is 3.10. The molecule has 5 aliphatic rings. The second-order valence-corrected chi connectivity index (χ2v) is 11.6. The van der Waals surface area contributed by atoms with Crippen molar-refractivity contribution in [3.8, 4) is 0 Å². The molecule has 0 amide bonds. The summed E-state index contributed by atoms with van der Waals surface area (Å²) in [5, 5.41) is 12.0. The van der Waals surface area contributed by atoms with Crippen molar-refractivity contribution in [1.82, 2.24) is 0 Å². The number of rotatable bonds is 1. The van der Waals surface area contributed by atoms with Crippen LogP contribution in [0.3, 0.4) is 0 Å². The smallest absolute Gasteiger partial charge is 0.139 e. The molecule has 1 N–H and O–H groups in total. The average molecular weight is 418 g/mol. The van der Waals surface area contributed by atoms with Gasteiger partial charge < -0.3 is 9.84 Å². The summed E-state index contributed by atoms with van der Waals surface area (Å²) in [6.07, 6.45) is 9.52. The number of ketones is 1. The Labute approximate surface area is 187 Å². The van der Waals surface area contributed by atoms with Crippen molar-refractivity contribution in [3.63, 3.8) is 0 Å². The van der Waals surface area contributed by atoms with Gasteiger partial charge in [0.25, 0.3) is 0 Å². The molecule has 3 saturated carbocycles. The van der Waals surface area contributed by atoms with Gasteiger partial charge in [-0.3, -0.25) is 4.79 Å². The van der Waals surface area contributed by atoms with Gasteiger partial charge in [0.1, 0.15) is 13.6 Å². The minimum atomic E-state index is -0.715. The topological polar surface area (TPSA) is 46.5 Å². The third kappa shape index (κ3) is 2.90. The lowest BCUT2D eigenvalue weighted by Gasteiger charge is -2.55. The normalized spacial score (nSPS) is 44.3. The molecule has 0 bridgehead atoms. The standard InChI is InChI=1S/C27H35BO3/c1-25-15-20(17-3-5-18(28)6-4-17)24-19(21(25)7-8-23(25)29)9-13-27(30)16-26(11-2-14-31-26)12-10-22(24)27/h3-6,19-21,30H,2,7-16,28H2,1H3/t19?,20-,21?,25+,26?,27-/m1/s1. The minimum absolute atomic E-state index is 0.0997. The van der Waals surface area contributed by atoms with Gasteiger partial charge in [-0.25, -0.2) is 0 Å². The Hall–Kier alpha value is -1.39. The van der Waals surface area contributed by atoms with Crippen LogP contribution >= 0.6 is 0 Å². The molecule has 6 atom stereocenters. The SMILES string of the molecule is Bc1ccc([C@H]2C[C@]3(C)C(=O)CCC3C3CC[C@@]4(O)CC5(CCCO5)CCC4=C32)cc1. The van der Waals surface area contributed by atoms with Crippen molar-refractivity contribution in [3.05, 3.63) is 41.0 Å². The van der Waals surface area contributed by atoms with Crippen LogP contribution in [0.25, 0.3) is 0 Å². The number of fused-ring (bicyclic) bond motifs is 4. The largest absolute Gasteiger partial charge is 0.385 e. The van der Waals surface area contributed by atoms with Crippen LogP contribution in [0, 0.1) is 17.3 Å². The van der Waals surface area contributed by atoms with Crippen LogP contribution in [0.4, 0.5) is 0 Å². The van der Waals surface area contributed by atoms with Crippen LogP contribution in [0.2, 0.25) is 0 Å². The number of carbonyl (C=O) groups excluding carboxylic acids is 1. The Morgan fingerprint density at radius 1 is 1.10 bits per heavy atom. The number of ether oxygens (including phenoxy) is 1. The van der Waals surface area contributed by atoms with Gasteiger partial charge in [0.05, 0.1) is 11.2 Å². The van der Waals surface area contributed by atoms with Crippen LogP contribution in [0.15, 0.2) is 35.4 Å². The maximum atomic E-state index is 13.1. The molecule has 1 heterocycles. The van der Waals surface area contributed by atoms with Gasteiger partial charge in [-0.15, -0.1) is 0 Å². The Kier molecular flexibility index (Phi) is 4.44. The lowest BCUT2D eigenvalue weighted by atomic mass is 9.51. The van der Waals surface area contributed by atoms with Crippen LogP contribution in [0.5, 0.6) is 0 Å². The van der Waals surface area contributed by atoms with E-state index in [9.17, 15) is 9.90 Å². The molecule has 3 unspecified atom stereocenters. The number of carbonyl (C=O) groups is 1. The van der Waals surface area contributed by atoms with Crippen molar-refractivity contribution in [2.75, 3.05) is 6.61 Å². The zero-order valence-corrected chi connectivity index (χ0v) is 19.1. The first-order valence-corrected chi connectivity index (χ1v) is 12.5. The first-order valence-electron chi connectivity index (χ1n) is 12.5. The Bertz CT molecular complexity index is 944. The Morgan fingerprint density at radius 3 is 2.65 bits per heavy atom. The van der Waals surface area contributed by atoms with E-state index in [1.165, 1.54) is 22.2 Å². The predicted octanol–water partition coefficient (Wildman–Crippen LogP) is 3.59. The van der Waals surface area contributed by atoms with E-state index >= 15 is 0 Å². The third-order valence-corrected chi connectivity index (χ3v) is 9.92. The van der Waals surface area contributed by atoms with E-state index in [1.807, 2.05) is 0 Å². The second-order valence-electron chi connectivity index (χ2n) is 11.6. The fourth-order valence-electron chi connectivity index (χ4n) is 8.36. The molecule has 0 radical (unpaired) electrons. The van der Waals surface area contributed by atoms with Crippen LogP contribution in [0.1, 0.15) is 82.6 Å². The zero-order chi connectivity index (χ0) is 21.4. The first kappa shape index (κ1) is 20.2. The summed E-state index contributed by atoms with van der Waals surface area (Å²) in [5.41, 5.74) is 4.43. The molecular formula is C27H35BO3.